The number of halogens is 1. The molecule has 3 heteroatoms. The van der Waals surface area contributed by atoms with Crippen LogP contribution < -0.4 is 5.32 Å². The summed E-state index contributed by atoms with van der Waals surface area (Å²) in [5, 5.41) is 4.59. The van der Waals surface area contributed by atoms with Crippen LogP contribution in [-0.4, -0.2) is 17.7 Å². The predicted octanol–water partition coefficient (Wildman–Crippen LogP) is 6.82. The topological polar surface area (TPSA) is 17.0 Å². The van der Waals surface area contributed by atoms with Gasteiger partial charge in [0, 0.05) is 18.1 Å². The fourth-order valence-corrected chi connectivity index (χ4v) is 4.26. The maximum atomic E-state index is 14.0. The van der Waals surface area contributed by atoms with Crippen LogP contribution in [-0.2, 0) is 13.0 Å². The van der Waals surface area contributed by atoms with E-state index in [4.69, 9.17) is 0 Å². The molecular weight excluding hydrogens is 371 g/mol. The van der Waals surface area contributed by atoms with E-state index in [1.807, 2.05) is 19.9 Å². The summed E-state index contributed by atoms with van der Waals surface area (Å²) in [6.45, 7) is 13.4. The predicted molar refractivity (Wildman–Crippen MR) is 127 cm³/mol. The van der Waals surface area contributed by atoms with Gasteiger partial charge in [-0.1, -0.05) is 51.6 Å². The molecule has 0 spiro atoms. The van der Waals surface area contributed by atoms with Crippen LogP contribution in [0.4, 0.5) is 4.39 Å². The molecule has 0 amide bonds. The largest absolute Gasteiger partial charge is 0.347 e. The Bertz CT molecular complexity index is 962. The Morgan fingerprint density at radius 3 is 2.47 bits per heavy atom. The Morgan fingerprint density at radius 2 is 1.80 bits per heavy atom. The first-order valence-electron chi connectivity index (χ1n) is 11.4. The molecule has 0 aliphatic carbocycles. The lowest BCUT2D eigenvalue weighted by atomic mass is 9.98. The molecule has 0 radical (unpaired) electrons. The minimum absolute atomic E-state index is 0.161. The Hall–Kier alpha value is -2.39. The molecule has 160 valence electrons. The van der Waals surface area contributed by atoms with Crippen LogP contribution in [0.15, 0.2) is 55.2 Å². The number of hydrogen-bond acceptors (Lipinski definition) is 1. The van der Waals surface area contributed by atoms with Crippen LogP contribution in [0.5, 0.6) is 0 Å². The average molecular weight is 407 g/mol. The van der Waals surface area contributed by atoms with Gasteiger partial charge in [-0.15, -0.1) is 0 Å². The molecule has 4 rings (SSSR count). The minimum atomic E-state index is -0.161. The molecule has 1 saturated heterocycles. The van der Waals surface area contributed by atoms with Crippen molar-refractivity contribution in [3.05, 3.63) is 77.7 Å². The summed E-state index contributed by atoms with van der Waals surface area (Å²) in [6.07, 6.45) is 6.44. The van der Waals surface area contributed by atoms with E-state index < -0.39 is 0 Å². The highest BCUT2D eigenvalue weighted by Crippen LogP contribution is 2.27. The van der Waals surface area contributed by atoms with Crippen molar-refractivity contribution < 1.29 is 4.39 Å². The fraction of sp³-hybridized carbons (Fsp3) is 0.407. The van der Waals surface area contributed by atoms with Gasteiger partial charge in [0.2, 0.25) is 0 Å². The van der Waals surface area contributed by atoms with Gasteiger partial charge in [-0.25, -0.2) is 4.39 Å². The fourth-order valence-electron chi connectivity index (χ4n) is 4.26. The second kappa shape index (κ2) is 10.6. The zero-order valence-corrected chi connectivity index (χ0v) is 18.7. The van der Waals surface area contributed by atoms with Gasteiger partial charge in [0.15, 0.2) is 0 Å². The third-order valence-electron chi connectivity index (χ3n) is 6.02. The van der Waals surface area contributed by atoms with Gasteiger partial charge in [0.05, 0.1) is 5.52 Å². The SMILES string of the molecule is C=C(CC)c1ccc(Cc2cn(CC3CCNCC3)c3cc(F)ccc23)cc1.CC. The lowest BCUT2D eigenvalue weighted by Crippen LogP contribution is -2.29. The van der Waals surface area contributed by atoms with Gasteiger partial charge in [-0.2, -0.15) is 0 Å². The lowest BCUT2D eigenvalue weighted by Gasteiger charge is -2.23. The number of piperidine rings is 1. The molecule has 2 heterocycles. The number of rotatable bonds is 6. The normalized spacial score (nSPS) is 14.4. The summed E-state index contributed by atoms with van der Waals surface area (Å²) in [4.78, 5) is 0. The van der Waals surface area contributed by atoms with Gasteiger partial charge in [-0.05, 0) is 85.2 Å². The summed E-state index contributed by atoms with van der Waals surface area (Å²) in [5.41, 5.74) is 5.94. The van der Waals surface area contributed by atoms with Crippen molar-refractivity contribution in [2.24, 2.45) is 5.92 Å². The molecule has 1 fully saturated rings. The molecule has 1 N–H and O–H groups in total. The number of nitrogens with one attached hydrogen (secondary N) is 1. The van der Waals surface area contributed by atoms with Crippen molar-refractivity contribution in [2.75, 3.05) is 13.1 Å². The number of nitrogens with zero attached hydrogens (tertiary/aromatic N) is 1. The van der Waals surface area contributed by atoms with Crippen molar-refractivity contribution >= 4 is 16.5 Å². The quantitative estimate of drug-likeness (QED) is 0.475. The molecule has 0 bridgehead atoms. The molecule has 30 heavy (non-hydrogen) atoms. The van der Waals surface area contributed by atoms with Crippen molar-refractivity contribution in [3.63, 3.8) is 0 Å². The molecule has 1 aliphatic heterocycles. The summed E-state index contributed by atoms with van der Waals surface area (Å²) < 4.78 is 16.2. The second-order valence-corrected chi connectivity index (χ2v) is 7.99. The lowest BCUT2D eigenvalue weighted by molar-refractivity contribution is 0.336. The smallest absolute Gasteiger partial charge is 0.125 e. The molecule has 0 saturated carbocycles. The minimum Gasteiger partial charge on any atom is -0.347 e. The van der Waals surface area contributed by atoms with Crippen molar-refractivity contribution in [3.8, 4) is 0 Å². The van der Waals surface area contributed by atoms with Crippen LogP contribution >= 0.6 is 0 Å². The molecular formula is C27H35FN2. The Labute approximate surface area is 180 Å². The van der Waals surface area contributed by atoms with Gasteiger partial charge in [0.25, 0.3) is 0 Å². The highest BCUT2D eigenvalue weighted by molar-refractivity contribution is 5.84. The van der Waals surface area contributed by atoms with Crippen LogP contribution in [0, 0.1) is 11.7 Å². The van der Waals surface area contributed by atoms with E-state index in [0.29, 0.717) is 5.92 Å². The molecule has 2 aromatic carbocycles. The third-order valence-corrected chi connectivity index (χ3v) is 6.02. The zero-order chi connectivity index (χ0) is 21.5. The van der Waals surface area contributed by atoms with Crippen LogP contribution in [0.1, 0.15) is 56.7 Å². The third kappa shape index (κ3) is 5.20. The number of hydrogen-bond donors (Lipinski definition) is 1. The highest BCUT2D eigenvalue weighted by Gasteiger charge is 2.17. The molecule has 0 unspecified atom stereocenters. The Kier molecular flexibility index (Phi) is 7.87. The monoisotopic (exact) mass is 406 g/mol. The van der Waals surface area contributed by atoms with Crippen LogP contribution in [0.3, 0.4) is 0 Å². The van der Waals surface area contributed by atoms with Crippen molar-refractivity contribution in [1.82, 2.24) is 9.88 Å². The Morgan fingerprint density at radius 1 is 1.10 bits per heavy atom. The summed E-state index contributed by atoms with van der Waals surface area (Å²) in [6, 6.07) is 13.9. The zero-order valence-electron chi connectivity index (χ0n) is 18.7. The van der Waals surface area contributed by atoms with E-state index in [1.165, 1.54) is 35.1 Å². The van der Waals surface area contributed by atoms with Crippen molar-refractivity contribution in [1.29, 1.82) is 0 Å². The van der Waals surface area contributed by atoms with Gasteiger partial charge in [-0.3, -0.25) is 0 Å². The summed E-state index contributed by atoms with van der Waals surface area (Å²) in [5.74, 6) is 0.499. The van der Waals surface area contributed by atoms with E-state index in [0.717, 1.165) is 43.4 Å². The number of fused-ring (bicyclic) bond motifs is 1. The molecule has 1 aliphatic rings. The van der Waals surface area contributed by atoms with Gasteiger partial charge >= 0.3 is 0 Å². The first kappa shape index (κ1) is 22.3. The molecule has 0 atom stereocenters. The van der Waals surface area contributed by atoms with Crippen LogP contribution in [0.25, 0.3) is 16.5 Å². The first-order valence-corrected chi connectivity index (χ1v) is 11.4. The Balaban J connectivity index is 0.00000124. The second-order valence-electron chi connectivity index (χ2n) is 7.99. The van der Waals surface area contributed by atoms with E-state index in [2.05, 4.69) is 53.8 Å². The van der Waals surface area contributed by atoms with E-state index in [1.54, 1.807) is 12.1 Å². The molecule has 2 nitrogen and oxygen atoms in total. The van der Waals surface area contributed by atoms with Gasteiger partial charge < -0.3 is 9.88 Å². The summed E-state index contributed by atoms with van der Waals surface area (Å²) in [7, 11) is 0. The van der Waals surface area contributed by atoms with Crippen molar-refractivity contribution in [2.45, 2.75) is 53.0 Å². The van der Waals surface area contributed by atoms with E-state index >= 15 is 0 Å². The van der Waals surface area contributed by atoms with Crippen LogP contribution in [0.2, 0.25) is 0 Å². The van der Waals surface area contributed by atoms with Gasteiger partial charge in [0.1, 0.15) is 5.82 Å². The average Bonchev–Trinajstić information content (AvgIpc) is 3.12. The molecule has 3 aromatic rings. The maximum absolute atomic E-state index is 14.0. The number of aromatic nitrogens is 1. The standard InChI is InChI=1S/C25H29FN2.C2H6/c1-3-18(2)21-6-4-19(5-7-21)14-22-17-28(16-20-10-12-27-13-11-20)25-15-23(26)8-9-24(22)25;1-2/h4-9,15,17,20,27H,2-3,10-14,16H2,1H3;1-2H3. The molecule has 1 aromatic heterocycles. The maximum Gasteiger partial charge on any atom is 0.125 e. The van der Waals surface area contributed by atoms with E-state index in [9.17, 15) is 4.39 Å². The first-order chi connectivity index (χ1) is 14.6. The van der Waals surface area contributed by atoms with E-state index in [-0.39, 0.29) is 5.82 Å². The highest BCUT2D eigenvalue weighted by atomic mass is 19.1. The summed E-state index contributed by atoms with van der Waals surface area (Å²) >= 11 is 0. The number of allylic oxidation sites excluding steroid dienone is 1. The number of benzene rings is 2.